The van der Waals surface area contributed by atoms with E-state index in [0.717, 1.165) is 48.4 Å². The number of fused-ring (bicyclic) bond motifs is 8. The fraction of sp³-hybridized carbons (Fsp3) is 0. The minimum Gasteiger partial charge on any atom is -0.268 e. The van der Waals surface area contributed by atoms with Crippen molar-refractivity contribution < 1.29 is 0 Å². The lowest BCUT2D eigenvalue weighted by atomic mass is 10.0. The van der Waals surface area contributed by atoms with Gasteiger partial charge in [-0.15, -0.1) is 34.0 Å². The molecule has 0 amide bonds. The van der Waals surface area contributed by atoms with Crippen LogP contribution in [0.2, 0.25) is 0 Å². The van der Waals surface area contributed by atoms with E-state index in [4.69, 9.17) is 9.97 Å². The van der Waals surface area contributed by atoms with E-state index in [1.165, 1.54) is 22.7 Å². The van der Waals surface area contributed by atoms with Crippen LogP contribution in [0.1, 0.15) is 0 Å². The van der Waals surface area contributed by atoms with Gasteiger partial charge in [0.15, 0.2) is 11.3 Å². The summed E-state index contributed by atoms with van der Waals surface area (Å²) in [5.41, 5.74) is 2.65. The summed E-state index contributed by atoms with van der Waals surface area (Å²) in [4.78, 5) is 38.2. The summed E-state index contributed by atoms with van der Waals surface area (Å²) in [6, 6.07) is 7.41. The highest BCUT2D eigenvalue weighted by atomic mass is 79.9. The summed E-state index contributed by atoms with van der Waals surface area (Å²) < 4.78 is 7.07. The molecule has 1 aromatic carbocycles. The fourth-order valence-electron chi connectivity index (χ4n) is 4.59. The van der Waals surface area contributed by atoms with Crippen molar-refractivity contribution >= 4 is 129 Å². The first kappa shape index (κ1) is 17.4. The number of halogens is 2. The van der Waals surface area contributed by atoms with Gasteiger partial charge < -0.3 is 0 Å². The second kappa shape index (κ2) is 5.41. The molecule has 6 nitrogen and oxygen atoms in total. The van der Waals surface area contributed by atoms with Crippen LogP contribution >= 0.6 is 65.9 Å². The molecule has 0 spiro atoms. The Bertz CT molecular complexity index is 2030. The van der Waals surface area contributed by atoms with Crippen molar-refractivity contribution in [2.45, 2.75) is 0 Å². The lowest BCUT2D eigenvalue weighted by molar-refractivity contribution is 1.19. The van der Waals surface area contributed by atoms with Gasteiger partial charge in [0, 0.05) is 21.5 Å². The van der Waals surface area contributed by atoms with Crippen molar-refractivity contribution in [1.29, 1.82) is 0 Å². The molecule has 8 rings (SSSR count). The summed E-state index contributed by atoms with van der Waals surface area (Å²) >= 11 is 11.5. The molecule has 0 atom stereocenters. The number of hydrogen-bond donors (Lipinski definition) is 0. The lowest BCUT2D eigenvalue weighted by Crippen LogP contribution is -2.14. The average molecular weight is 588 g/mol. The van der Waals surface area contributed by atoms with Crippen molar-refractivity contribution in [3.05, 3.63) is 52.5 Å². The van der Waals surface area contributed by atoms with E-state index >= 15 is 0 Å². The Morgan fingerprint density at radius 1 is 0.710 bits per heavy atom. The highest BCUT2D eigenvalue weighted by molar-refractivity contribution is 9.11. The lowest BCUT2D eigenvalue weighted by Gasteiger charge is -2.04. The molecule has 0 fully saturated rings. The topological polar surface area (TPSA) is 68.7 Å². The Balaban J connectivity index is 1.74. The predicted molar refractivity (Wildman–Crippen MR) is 135 cm³/mol. The van der Waals surface area contributed by atoms with Crippen LogP contribution in [-0.4, -0.2) is 18.8 Å². The van der Waals surface area contributed by atoms with Crippen LogP contribution in [0.3, 0.4) is 0 Å². The number of imidazole rings is 2. The minimum atomic E-state index is -0.113. The molecule has 0 aliphatic heterocycles. The highest BCUT2D eigenvalue weighted by Crippen LogP contribution is 2.44. The van der Waals surface area contributed by atoms with Gasteiger partial charge in [0.05, 0.1) is 28.0 Å². The number of pyridine rings is 2. The van der Waals surface area contributed by atoms with E-state index in [-0.39, 0.29) is 11.1 Å². The maximum absolute atomic E-state index is 13.5. The molecule has 0 saturated heterocycles. The molecular weight excluding hydrogens is 584 g/mol. The number of hydrogen-bond acceptors (Lipinski definition) is 7. The van der Waals surface area contributed by atoms with Gasteiger partial charge in [-0.3, -0.25) is 18.4 Å². The number of nitrogens with zero attached hydrogens (tertiary/aromatic N) is 4. The van der Waals surface area contributed by atoms with E-state index in [1.807, 2.05) is 12.1 Å². The molecule has 8 aromatic rings. The minimum absolute atomic E-state index is 0.113. The summed E-state index contributed by atoms with van der Waals surface area (Å²) in [6.45, 7) is 0. The third kappa shape index (κ3) is 1.90. The maximum Gasteiger partial charge on any atom is 0.264 e. The zero-order valence-corrected chi connectivity index (χ0v) is 20.5. The largest absolute Gasteiger partial charge is 0.268 e. The molecule has 0 unspecified atom stereocenters. The van der Waals surface area contributed by atoms with Gasteiger partial charge in [0.25, 0.3) is 11.1 Å². The summed E-state index contributed by atoms with van der Waals surface area (Å²) in [5, 5.41) is 2.84. The molecule has 11 heteroatoms. The number of aromatic nitrogens is 4. The van der Waals surface area contributed by atoms with Crippen LogP contribution < -0.4 is 11.1 Å². The van der Waals surface area contributed by atoms with E-state index in [1.54, 1.807) is 32.3 Å². The van der Waals surface area contributed by atoms with Gasteiger partial charge in [-0.1, -0.05) is 0 Å². The molecular formula is C20H4Br2N4O2S3. The number of rotatable bonds is 0. The Morgan fingerprint density at radius 2 is 1.16 bits per heavy atom. The first-order valence-corrected chi connectivity index (χ1v) is 13.1. The van der Waals surface area contributed by atoms with Gasteiger partial charge in [0.2, 0.25) is 0 Å². The van der Waals surface area contributed by atoms with Gasteiger partial charge in [0.1, 0.15) is 9.66 Å². The van der Waals surface area contributed by atoms with E-state index in [2.05, 4.69) is 31.9 Å². The Labute approximate surface area is 198 Å². The van der Waals surface area contributed by atoms with Crippen molar-refractivity contribution in [1.82, 2.24) is 18.8 Å². The molecule has 7 aromatic heterocycles. The standard InChI is InChI=1S/C20H4Br2N4O2S3/c21-9-3-7-17(29-9)23-15-13-11-5(19(27)25(7)15)1-2-6-12(11)14(31-13)16-24-18-8(4-10(22)30-18)26(16)20(6)28/h1-4H. The van der Waals surface area contributed by atoms with E-state index in [9.17, 15) is 9.59 Å². The smallest absolute Gasteiger partial charge is 0.264 e. The first-order chi connectivity index (χ1) is 15.0. The van der Waals surface area contributed by atoms with Crippen molar-refractivity contribution in [3.63, 3.8) is 0 Å². The average Bonchev–Trinajstić information content (AvgIpc) is 3.49. The van der Waals surface area contributed by atoms with Gasteiger partial charge >= 0.3 is 0 Å². The second-order valence-corrected chi connectivity index (χ2v) is 13.1. The molecule has 0 aliphatic carbocycles. The van der Waals surface area contributed by atoms with Gasteiger partial charge in [-0.05, 0) is 56.1 Å². The predicted octanol–water partition coefficient (Wildman–Crippen LogP) is 6.05. The van der Waals surface area contributed by atoms with Gasteiger partial charge in [-0.25, -0.2) is 9.97 Å². The van der Waals surface area contributed by atoms with Crippen LogP contribution in [0.15, 0.2) is 41.4 Å². The molecule has 31 heavy (non-hydrogen) atoms. The molecule has 0 saturated carbocycles. The third-order valence-electron chi connectivity index (χ3n) is 5.78. The van der Waals surface area contributed by atoms with Crippen LogP contribution in [0.25, 0.3) is 62.9 Å². The summed E-state index contributed by atoms with van der Waals surface area (Å²) in [6.07, 6.45) is 0. The van der Waals surface area contributed by atoms with E-state index in [0.29, 0.717) is 22.1 Å². The maximum atomic E-state index is 13.5. The van der Waals surface area contributed by atoms with Crippen molar-refractivity contribution in [2.24, 2.45) is 0 Å². The Kier molecular flexibility index (Phi) is 3.03. The molecule has 0 radical (unpaired) electrons. The quantitative estimate of drug-likeness (QED) is 0.202. The second-order valence-electron chi connectivity index (χ2n) is 7.30. The molecule has 0 bridgehead atoms. The third-order valence-corrected chi connectivity index (χ3v) is 10.0. The van der Waals surface area contributed by atoms with E-state index < -0.39 is 0 Å². The Hall–Kier alpha value is -2.18. The van der Waals surface area contributed by atoms with Crippen LogP contribution in [0, 0.1) is 0 Å². The van der Waals surface area contributed by atoms with Crippen LogP contribution in [-0.2, 0) is 0 Å². The zero-order valence-electron chi connectivity index (χ0n) is 14.9. The SMILES string of the molecule is O=c1c2ccc3c(=O)n4c5cc(Br)sc5nc4c4sc(c2c34)c2nc3sc(Br)cc3n12. The fourth-order valence-corrected chi connectivity index (χ4v) is 8.72. The normalized spacial score (nSPS) is 13.1. The molecule has 0 N–H and O–H groups in total. The number of thiophene rings is 3. The van der Waals surface area contributed by atoms with Crippen LogP contribution in [0.4, 0.5) is 0 Å². The number of benzene rings is 1. The zero-order chi connectivity index (χ0) is 20.8. The molecule has 148 valence electrons. The van der Waals surface area contributed by atoms with Crippen molar-refractivity contribution in [3.8, 4) is 0 Å². The molecule has 7 heterocycles. The molecule has 0 aliphatic rings. The van der Waals surface area contributed by atoms with Crippen LogP contribution in [0.5, 0.6) is 0 Å². The van der Waals surface area contributed by atoms with Gasteiger partial charge in [-0.2, -0.15) is 0 Å². The monoisotopic (exact) mass is 586 g/mol. The van der Waals surface area contributed by atoms with Crippen molar-refractivity contribution in [2.75, 3.05) is 0 Å². The Morgan fingerprint density at radius 3 is 1.61 bits per heavy atom. The summed E-state index contributed by atoms with van der Waals surface area (Å²) in [5.74, 6) is 0. The summed E-state index contributed by atoms with van der Waals surface area (Å²) in [7, 11) is 0. The highest BCUT2D eigenvalue weighted by Gasteiger charge is 2.25. The first-order valence-electron chi connectivity index (χ1n) is 9.06.